The minimum atomic E-state index is -1.49. The number of nitrogens with two attached hydrogens (primary N) is 1. The number of rotatable bonds is 23. The number of amides is 3. The lowest BCUT2D eigenvalue weighted by molar-refractivity contribution is -0.135. The van der Waals surface area contributed by atoms with Gasteiger partial charge in [0.15, 0.2) is 5.58 Å². The molecule has 1 aromatic carbocycles. The first-order valence-corrected chi connectivity index (χ1v) is 18.8. The molecule has 3 amide bonds. The predicted octanol–water partition coefficient (Wildman–Crippen LogP) is 3.15. The van der Waals surface area contributed by atoms with E-state index in [1.54, 1.807) is 48.6 Å². The quantitative estimate of drug-likeness (QED) is 0.0537. The number of benzene rings is 1. The molecule has 0 saturated heterocycles. The number of ether oxygens (including phenoxy) is 3. The monoisotopic (exact) mass is 800 g/mol. The Morgan fingerprint density at radius 1 is 1.03 bits per heavy atom. The molecule has 6 N–H and O–H groups in total. The van der Waals surface area contributed by atoms with E-state index in [1.165, 1.54) is 30.1 Å². The Labute approximate surface area is 336 Å². The number of fused-ring (bicyclic) bond motifs is 1. The summed E-state index contributed by atoms with van der Waals surface area (Å²) in [6.45, 7) is 10.5. The molecule has 0 unspecified atom stereocenters. The zero-order chi connectivity index (χ0) is 42.0. The van der Waals surface area contributed by atoms with E-state index in [-0.39, 0.29) is 62.6 Å². The van der Waals surface area contributed by atoms with E-state index in [0.717, 1.165) is 5.57 Å². The van der Waals surface area contributed by atoms with E-state index in [0.29, 0.717) is 41.1 Å². The molecule has 0 aliphatic heterocycles. The number of pyridine rings is 1. The molecule has 0 saturated carbocycles. The second-order valence-electron chi connectivity index (χ2n) is 13.7. The van der Waals surface area contributed by atoms with Gasteiger partial charge in [0.1, 0.15) is 34.8 Å². The number of allylic oxidation sites excluding steroid dienone is 4. The third kappa shape index (κ3) is 13.9. The fourth-order valence-corrected chi connectivity index (χ4v) is 5.52. The first kappa shape index (κ1) is 44.7. The van der Waals surface area contributed by atoms with Crippen LogP contribution >= 0.6 is 0 Å². The fraction of sp³-hybridized carbons (Fsp3) is 0.390. The van der Waals surface area contributed by atoms with Crippen LogP contribution in [0.2, 0.25) is 0 Å². The van der Waals surface area contributed by atoms with E-state index in [4.69, 9.17) is 24.4 Å². The van der Waals surface area contributed by atoms with Gasteiger partial charge in [0.2, 0.25) is 11.8 Å². The van der Waals surface area contributed by atoms with Crippen LogP contribution in [-0.2, 0) is 25.6 Å². The Hall–Kier alpha value is -6.01. The highest BCUT2D eigenvalue weighted by Crippen LogP contribution is 2.25. The number of nitrogens with zero attached hydrogens (tertiary/aromatic N) is 4. The summed E-state index contributed by atoms with van der Waals surface area (Å²) in [5, 5.41) is 23.1. The van der Waals surface area contributed by atoms with Crippen LogP contribution < -0.4 is 32.0 Å². The summed E-state index contributed by atoms with van der Waals surface area (Å²) in [4.78, 5) is 59.5. The van der Waals surface area contributed by atoms with Crippen molar-refractivity contribution >= 4 is 34.5 Å². The predicted molar refractivity (Wildman–Crippen MR) is 218 cm³/mol. The first-order valence-electron chi connectivity index (χ1n) is 18.8. The molecule has 0 radical (unpaired) electrons. The highest BCUT2D eigenvalue weighted by molar-refractivity contribution is 6.03. The van der Waals surface area contributed by atoms with Crippen LogP contribution in [0.5, 0.6) is 5.75 Å². The molecule has 310 valence electrons. The highest BCUT2D eigenvalue weighted by atomic mass is 16.5. The van der Waals surface area contributed by atoms with Gasteiger partial charge < -0.3 is 45.4 Å². The van der Waals surface area contributed by atoms with E-state index >= 15 is 0 Å². The summed E-state index contributed by atoms with van der Waals surface area (Å²) in [6.07, 6.45) is 7.62. The van der Waals surface area contributed by atoms with Crippen LogP contribution in [0, 0.1) is 5.92 Å². The summed E-state index contributed by atoms with van der Waals surface area (Å²) < 4.78 is 23.4. The average Bonchev–Trinajstić information content (AvgIpc) is 3.63. The number of oxazole rings is 1. The van der Waals surface area contributed by atoms with Crippen molar-refractivity contribution in [1.82, 2.24) is 30.4 Å². The number of hydrogen-bond donors (Lipinski definition) is 5. The summed E-state index contributed by atoms with van der Waals surface area (Å²) in [5.41, 5.74) is 8.60. The van der Waals surface area contributed by atoms with Gasteiger partial charge in [-0.05, 0) is 62.1 Å². The summed E-state index contributed by atoms with van der Waals surface area (Å²) in [6, 6.07) is 9.36. The van der Waals surface area contributed by atoms with Crippen molar-refractivity contribution in [1.29, 1.82) is 0 Å². The molecule has 0 fully saturated rings. The van der Waals surface area contributed by atoms with Crippen LogP contribution in [-0.4, -0.2) is 101 Å². The molecule has 3 atom stereocenters. The van der Waals surface area contributed by atoms with Crippen molar-refractivity contribution in [3.63, 3.8) is 0 Å². The maximum atomic E-state index is 12.9. The van der Waals surface area contributed by atoms with Crippen molar-refractivity contribution in [2.24, 2.45) is 11.7 Å². The molecule has 4 aromatic rings. The molecule has 0 bridgehead atoms. The van der Waals surface area contributed by atoms with Gasteiger partial charge in [-0.1, -0.05) is 50.3 Å². The first-order chi connectivity index (χ1) is 27.9. The normalized spacial score (nSPS) is 13.3. The average molecular weight is 801 g/mol. The number of anilines is 1. The summed E-state index contributed by atoms with van der Waals surface area (Å²) in [5.74, 6) is -0.699. The fourth-order valence-electron chi connectivity index (χ4n) is 5.52. The lowest BCUT2D eigenvalue weighted by atomic mass is 10.00. The SMILES string of the molecule is C=C/C=C\C=C(/C)C[C@@H](N)[C@H](O)C(=O)N[C@@H](CC(C)C)C(=O)NCCOCCOCCn1nc(-c2nc3cc(NC(=O)c4ccc(OC)cn4)ccc3o2)ccc1=O. The van der Waals surface area contributed by atoms with Crippen molar-refractivity contribution < 1.29 is 38.1 Å². The third-order valence-electron chi connectivity index (χ3n) is 8.50. The van der Waals surface area contributed by atoms with Crippen LogP contribution in [0.3, 0.4) is 0 Å². The van der Waals surface area contributed by atoms with Gasteiger partial charge in [0.25, 0.3) is 17.4 Å². The molecule has 4 rings (SSSR count). The molecule has 0 aliphatic rings. The Morgan fingerprint density at radius 2 is 1.81 bits per heavy atom. The van der Waals surface area contributed by atoms with E-state index in [1.807, 2.05) is 26.8 Å². The molecule has 0 aliphatic carbocycles. The lowest BCUT2D eigenvalue weighted by Crippen LogP contribution is -2.54. The number of nitrogens with one attached hydrogen (secondary N) is 3. The maximum Gasteiger partial charge on any atom is 0.274 e. The number of carbonyl (C=O) groups excluding carboxylic acids is 3. The molecule has 17 heteroatoms. The van der Waals surface area contributed by atoms with Gasteiger partial charge in [-0.15, -0.1) is 0 Å². The second kappa shape index (κ2) is 22.7. The third-order valence-corrected chi connectivity index (χ3v) is 8.50. The van der Waals surface area contributed by atoms with Crippen LogP contribution in [0.25, 0.3) is 22.7 Å². The number of hydrogen-bond acceptors (Lipinski definition) is 13. The summed E-state index contributed by atoms with van der Waals surface area (Å²) >= 11 is 0. The van der Waals surface area contributed by atoms with Crippen LogP contribution in [0.15, 0.2) is 94.3 Å². The van der Waals surface area contributed by atoms with E-state index < -0.39 is 35.9 Å². The lowest BCUT2D eigenvalue weighted by Gasteiger charge is -2.24. The smallest absolute Gasteiger partial charge is 0.274 e. The molecule has 3 heterocycles. The Kier molecular flexibility index (Phi) is 17.5. The van der Waals surface area contributed by atoms with Crippen LogP contribution in [0.1, 0.15) is 44.1 Å². The molecular weight excluding hydrogens is 748 g/mol. The largest absolute Gasteiger partial charge is 0.495 e. The van der Waals surface area contributed by atoms with Gasteiger partial charge in [0, 0.05) is 24.3 Å². The maximum absolute atomic E-state index is 12.9. The Morgan fingerprint density at radius 3 is 2.52 bits per heavy atom. The standard InChI is InChI=1S/C41H52N8O9/c1-6-7-8-9-27(4)23-30(42)37(51)40(54)46-34(22-26(2)3)38(52)43-16-18-56-20-21-57-19-17-49-36(50)15-13-32(48-49)41-47-33-24-28(10-14-35(33)58-41)45-39(53)31-12-11-29(55-5)25-44-31/h6-15,24-26,30,34,37,51H,1,16-23,42H2,2-5H3,(H,43,52)(H,45,53)(H,46,54)/b8-7-,27-9+/t30-,34+,37+/m1/s1. The van der Waals surface area contributed by atoms with Crippen molar-refractivity contribution in [3.8, 4) is 17.3 Å². The van der Waals surface area contributed by atoms with Gasteiger partial charge in [0.05, 0.1) is 46.3 Å². The second-order valence-corrected chi connectivity index (χ2v) is 13.7. The molecule has 17 nitrogen and oxygen atoms in total. The van der Waals surface area contributed by atoms with E-state index in [9.17, 15) is 24.3 Å². The summed E-state index contributed by atoms with van der Waals surface area (Å²) in [7, 11) is 1.52. The number of aliphatic hydroxyl groups is 1. The van der Waals surface area contributed by atoms with Gasteiger partial charge in [-0.2, -0.15) is 5.10 Å². The van der Waals surface area contributed by atoms with Crippen LogP contribution in [0.4, 0.5) is 5.69 Å². The van der Waals surface area contributed by atoms with E-state index in [2.05, 4.69) is 37.6 Å². The molecule has 58 heavy (non-hydrogen) atoms. The van der Waals surface area contributed by atoms with Gasteiger partial charge >= 0.3 is 0 Å². The molecule has 3 aromatic heterocycles. The number of aromatic nitrogens is 4. The van der Waals surface area contributed by atoms with Crippen molar-refractivity contribution in [2.45, 2.75) is 58.3 Å². The minimum absolute atomic E-state index is 0.0911. The zero-order valence-corrected chi connectivity index (χ0v) is 33.2. The molecular formula is C41H52N8O9. The number of methoxy groups -OCH3 is 1. The Balaban J connectivity index is 1.18. The Bertz CT molecular complexity index is 2110. The highest BCUT2D eigenvalue weighted by Gasteiger charge is 2.28. The van der Waals surface area contributed by atoms with Crippen molar-refractivity contribution in [2.75, 3.05) is 45.4 Å². The zero-order valence-electron chi connectivity index (χ0n) is 33.2. The topological polar surface area (TPSA) is 235 Å². The minimum Gasteiger partial charge on any atom is -0.495 e. The van der Waals surface area contributed by atoms with Crippen molar-refractivity contribution in [3.05, 3.63) is 101 Å². The number of aliphatic hydroxyl groups excluding tert-OH is 1. The molecule has 0 spiro atoms. The van der Waals surface area contributed by atoms with Gasteiger partial charge in [-0.3, -0.25) is 19.2 Å². The number of carbonyl (C=O) groups is 3. The van der Waals surface area contributed by atoms with Gasteiger partial charge in [-0.25, -0.2) is 14.6 Å².